The van der Waals surface area contributed by atoms with Crippen molar-refractivity contribution in [2.75, 3.05) is 25.0 Å². The van der Waals surface area contributed by atoms with E-state index in [0.29, 0.717) is 18.2 Å². The van der Waals surface area contributed by atoms with Crippen molar-refractivity contribution in [3.63, 3.8) is 0 Å². The molecule has 2 N–H and O–H groups in total. The first-order valence-electron chi connectivity index (χ1n) is 8.90. The molecule has 1 aliphatic heterocycles. The van der Waals surface area contributed by atoms with Crippen LogP contribution in [0.2, 0.25) is 0 Å². The monoisotopic (exact) mass is 348 g/mol. The molecule has 0 amide bonds. The largest absolute Gasteiger partial charge is 0.356 e. The van der Waals surface area contributed by atoms with Crippen LogP contribution >= 0.6 is 0 Å². The maximum atomic E-state index is 8.99. The summed E-state index contributed by atoms with van der Waals surface area (Å²) >= 11 is 0. The molecule has 1 fully saturated rings. The lowest BCUT2D eigenvalue weighted by molar-refractivity contribution is 0.459. The second-order valence-corrected chi connectivity index (χ2v) is 6.33. The second-order valence-electron chi connectivity index (χ2n) is 6.33. The molecule has 1 saturated heterocycles. The highest BCUT2D eigenvalue weighted by molar-refractivity contribution is 5.80. The van der Waals surface area contributed by atoms with E-state index >= 15 is 0 Å². The molecule has 26 heavy (non-hydrogen) atoms. The van der Waals surface area contributed by atoms with E-state index in [1.807, 2.05) is 42.6 Å². The highest BCUT2D eigenvalue weighted by Crippen LogP contribution is 2.17. The van der Waals surface area contributed by atoms with Gasteiger partial charge in [0.2, 0.25) is 0 Å². The number of benzene rings is 1. The van der Waals surface area contributed by atoms with Crippen LogP contribution in [0.5, 0.6) is 0 Å². The van der Waals surface area contributed by atoms with Crippen molar-refractivity contribution in [1.29, 1.82) is 5.26 Å². The van der Waals surface area contributed by atoms with Gasteiger partial charge in [0.15, 0.2) is 5.96 Å². The molecule has 3 rings (SSSR count). The third-order valence-electron chi connectivity index (χ3n) is 4.55. The van der Waals surface area contributed by atoms with Gasteiger partial charge in [-0.1, -0.05) is 18.2 Å². The van der Waals surface area contributed by atoms with E-state index in [0.717, 1.165) is 43.3 Å². The Kier molecular flexibility index (Phi) is 6.05. The van der Waals surface area contributed by atoms with Gasteiger partial charge in [-0.25, -0.2) is 4.98 Å². The molecule has 0 aliphatic carbocycles. The summed E-state index contributed by atoms with van der Waals surface area (Å²) < 4.78 is 0. The number of pyridine rings is 1. The Hall–Kier alpha value is -3.07. The summed E-state index contributed by atoms with van der Waals surface area (Å²) in [6.07, 6.45) is 3.93. The first-order valence-corrected chi connectivity index (χ1v) is 8.90. The molecule has 0 bridgehead atoms. The third kappa shape index (κ3) is 4.73. The average Bonchev–Trinajstić information content (AvgIpc) is 2.72. The fourth-order valence-corrected chi connectivity index (χ4v) is 3.12. The third-order valence-corrected chi connectivity index (χ3v) is 4.55. The molecule has 1 aromatic heterocycles. The molecule has 1 aliphatic rings. The fourth-order valence-electron chi connectivity index (χ4n) is 3.12. The lowest BCUT2D eigenvalue weighted by atomic mass is 10.1. The van der Waals surface area contributed by atoms with Gasteiger partial charge in [0.25, 0.3) is 0 Å². The average molecular weight is 348 g/mol. The van der Waals surface area contributed by atoms with Crippen LogP contribution < -0.4 is 15.5 Å². The number of aliphatic imine (C=N–C) groups is 1. The summed E-state index contributed by atoms with van der Waals surface area (Å²) in [6, 6.07) is 16.2. The van der Waals surface area contributed by atoms with Crippen LogP contribution in [0.15, 0.2) is 53.7 Å². The van der Waals surface area contributed by atoms with Crippen LogP contribution in [0, 0.1) is 11.3 Å². The normalized spacial score (nSPS) is 15.4. The SMILES string of the molecule is CN=C(NCc1cccc(C#N)c1)NC1CCN(c2ccccn2)CC1. The van der Waals surface area contributed by atoms with Gasteiger partial charge in [0.05, 0.1) is 11.6 Å². The molecule has 2 heterocycles. The summed E-state index contributed by atoms with van der Waals surface area (Å²) in [5, 5.41) is 15.8. The Morgan fingerprint density at radius 1 is 1.27 bits per heavy atom. The number of anilines is 1. The Bertz CT molecular complexity index is 772. The van der Waals surface area contributed by atoms with Gasteiger partial charge in [-0.3, -0.25) is 4.99 Å². The number of aromatic nitrogens is 1. The van der Waals surface area contributed by atoms with Crippen molar-refractivity contribution in [3.8, 4) is 6.07 Å². The predicted octanol–water partition coefficient (Wildman–Crippen LogP) is 2.29. The van der Waals surface area contributed by atoms with Gasteiger partial charge in [-0.05, 0) is 42.7 Å². The lowest BCUT2D eigenvalue weighted by Gasteiger charge is -2.33. The second kappa shape index (κ2) is 8.86. The highest BCUT2D eigenvalue weighted by Gasteiger charge is 2.20. The summed E-state index contributed by atoms with van der Waals surface area (Å²) in [4.78, 5) is 11.1. The van der Waals surface area contributed by atoms with Crippen molar-refractivity contribution in [2.45, 2.75) is 25.4 Å². The lowest BCUT2D eigenvalue weighted by Crippen LogP contribution is -2.48. The topological polar surface area (TPSA) is 76.3 Å². The van der Waals surface area contributed by atoms with Crippen molar-refractivity contribution in [3.05, 3.63) is 59.8 Å². The summed E-state index contributed by atoms with van der Waals surface area (Å²) in [6.45, 7) is 2.60. The first-order chi connectivity index (χ1) is 12.8. The molecule has 0 radical (unpaired) electrons. The molecule has 0 unspecified atom stereocenters. The molecule has 0 spiro atoms. The van der Waals surface area contributed by atoms with E-state index in [-0.39, 0.29) is 0 Å². The van der Waals surface area contributed by atoms with Crippen LogP contribution in [-0.2, 0) is 6.54 Å². The van der Waals surface area contributed by atoms with Gasteiger partial charge in [-0.2, -0.15) is 5.26 Å². The van der Waals surface area contributed by atoms with Crippen LogP contribution in [-0.4, -0.2) is 37.1 Å². The molecule has 6 nitrogen and oxygen atoms in total. The zero-order chi connectivity index (χ0) is 18.2. The number of nitriles is 1. The number of nitrogens with one attached hydrogen (secondary N) is 2. The molecule has 2 aromatic rings. The van der Waals surface area contributed by atoms with Gasteiger partial charge in [0, 0.05) is 38.9 Å². The molecule has 134 valence electrons. The zero-order valence-electron chi connectivity index (χ0n) is 15.0. The molecule has 1 aromatic carbocycles. The summed E-state index contributed by atoms with van der Waals surface area (Å²) in [5.74, 6) is 1.84. The van der Waals surface area contributed by atoms with E-state index in [1.54, 1.807) is 7.05 Å². The van der Waals surface area contributed by atoms with E-state index in [9.17, 15) is 0 Å². The summed E-state index contributed by atoms with van der Waals surface area (Å²) in [7, 11) is 1.78. The molecule has 0 atom stereocenters. The highest BCUT2D eigenvalue weighted by atomic mass is 15.2. The fraction of sp³-hybridized carbons (Fsp3) is 0.350. The minimum absolute atomic E-state index is 0.395. The maximum absolute atomic E-state index is 8.99. The number of nitrogens with zero attached hydrogens (tertiary/aromatic N) is 4. The molecule has 0 saturated carbocycles. The number of hydrogen-bond acceptors (Lipinski definition) is 4. The summed E-state index contributed by atoms with van der Waals surface area (Å²) in [5.41, 5.74) is 1.74. The van der Waals surface area contributed by atoms with Gasteiger partial charge in [-0.15, -0.1) is 0 Å². The van der Waals surface area contributed by atoms with Gasteiger partial charge in [0.1, 0.15) is 5.82 Å². The molecule has 6 heteroatoms. The van der Waals surface area contributed by atoms with E-state index in [2.05, 4.69) is 37.6 Å². The van der Waals surface area contributed by atoms with Crippen molar-refractivity contribution in [1.82, 2.24) is 15.6 Å². The van der Waals surface area contributed by atoms with Gasteiger partial charge >= 0.3 is 0 Å². The molecular formula is C20H24N6. The zero-order valence-corrected chi connectivity index (χ0v) is 15.0. The number of piperidine rings is 1. The molecular weight excluding hydrogens is 324 g/mol. The Morgan fingerprint density at radius 3 is 2.81 bits per heavy atom. The smallest absolute Gasteiger partial charge is 0.191 e. The standard InChI is InChI=1S/C20H24N6/c1-22-20(24-15-17-6-4-5-16(13-17)14-21)25-18-8-11-26(12-9-18)19-7-2-3-10-23-19/h2-7,10,13,18H,8-9,11-12,15H2,1H3,(H2,22,24,25). The van der Waals surface area contributed by atoms with E-state index < -0.39 is 0 Å². The van der Waals surface area contributed by atoms with Crippen molar-refractivity contribution in [2.24, 2.45) is 4.99 Å². The van der Waals surface area contributed by atoms with Crippen LogP contribution in [0.25, 0.3) is 0 Å². The quantitative estimate of drug-likeness (QED) is 0.655. The van der Waals surface area contributed by atoms with Crippen LogP contribution in [0.1, 0.15) is 24.0 Å². The number of guanidine groups is 1. The van der Waals surface area contributed by atoms with Gasteiger partial charge < -0.3 is 15.5 Å². The van der Waals surface area contributed by atoms with Crippen molar-refractivity contribution >= 4 is 11.8 Å². The Labute approximate surface area is 154 Å². The van der Waals surface area contributed by atoms with E-state index in [4.69, 9.17) is 5.26 Å². The van der Waals surface area contributed by atoms with Crippen LogP contribution in [0.4, 0.5) is 5.82 Å². The Morgan fingerprint density at radius 2 is 2.12 bits per heavy atom. The Balaban J connectivity index is 1.48. The minimum Gasteiger partial charge on any atom is -0.356 e. The number of rotatable bonds is 4. The first kappa shape index (κ1) is 17.7. The van der Waals surface area contributed by atoms with Crippen LogP contribution in [0.3, 0.4) is 0 Å². The maximum Gasteiger partial charge on any atom is 0.191 e. The number of hydrogen-bond donors (Lipinski definition) is 2. The minimum atomic E-state index is 0.395. The van der Waals surface area contributed by atoms with E-state index in [1.165, 1.54) is 0 Å². The predicted molar refractivity (Wildman–Crippen MR) is 104 cm³/mol. The van der Waals surface area contributed by atoms with Crippen molar-refractivity contribution < 1.29 is 0 Å².